The van der Waals surface area contributed by atoms with Crippen LogP contribution >= 0.6 is 23.2 Å². The van der Waals surface area contributed by atoms with Gasteiger partial charge in [0.2, 0.25) is 34.9 Å². The summed E-state index contributed by atoms with van der Waals surface area (Å²) in [5.41, 5.74) is 6.98. The molecule has 1 N–H and O–H groups in total. The van der Waals surface area contributed by atoms with Crippen molar-refractivity contribution < 1.29 is 18.4 Å². The lowest BCUT2D eigenvalue weighted by molar-refractivity contribution is 0.148. The Bertz CT molecular complexity index is 2730. The topological polar surface area (TPSA) is 164 Å². The van der Waals surface area contributed by atoms with Crippen LogP contribution in [0.4, 0.5) is 11.4 Å². The van der Waals surface area contributed by atoms with E-state index in [9.17, 15) is 5.11 Å². The number of aromatic nitrogens is 4. The molecule has 0 saturated heterocycles. The maximum absolute atomic E-state index is 10.3. The van der Waals surface area contributed by atoms with Crippen molar-refractivity contribution in [2.75, 3.05) is 0 Å². The third kappa shape index (κ3) is 11.3. The second kappa shape index (κ2) is 20.3. The van der Waals surface area contributed by atoms with Crippen LogP contribution in [0.1, 0.15) is 91.6 Å². The molecule has 4 aromatic carbocycles. The lowest BCUT2D eigenvalue weighted by Gasteiger charge is -2.40. The average Bonchev–Trinajstić information content (AvgIpc) is 3.96. The summed E-state index contributed by atoms with van der Waals surface area (Å²) in [5.74, 6) is 0.889. The minimum absolute atomic E-state index is 0.0464. The fraction of sp³-hybridized carbons (Fsp3) is 0.333. The molecule has 0 aliphatic carbocycles. The minimum Gasteiger partial charge on any atom is -0.420 e. The Morgan fingerprint density at radius 3 is 1.46 bits per heavy atom. The van der Waals surface area contributed by atoms with Gasteiger partial charge in [-0.05, 0) is 129 Å². The van der Waals surface area contributed by atoms with Crippen LogP contribution in [0.15, 0.2) is 81.6 Å². The Balaban J connectivity index is 0.000000243. The summed E-state index contributed by atoms with van der Waals surface area (Å²) in [7, 11) is -2.07. The van der Waals surface area contributed by atoms with Crippen LogP contribution in [0.25, 0.3) is 32.6 Å². The zero-order chi connectivity index (χ0) is 46.2. The van der Waals surface area contributed by atoms with Gasteiger partial charge in [0.05, 0.1) is 70.5 Å². The van der Waals surface area contributed by atoms with E-state index < -0.39 is 20.3 Å². The van der Waals surface area contributed by atoms with Crippen molar-refractivity contribution in [2.45, 2.75) is 103 Å². The number of nitrogens with zero attached hydrogens (tertiary/aromatic N) is 8. The van der Waals surface area contributed by atoms with Crippen LogP contribution in [0.2, 0.25) is 28.2 Å². The molecule has 0 amide bonds. The molecular weight excluding hydrogens is 852 g/mol. The van der Waals surface area contributed by atoms with E-state index in [0.717, 1.165) is 27.8 Å². The van der Waals surface area contributed by atoms with Crippen LogP contribution in [-0.4, -0.2) is 46.0 Å². The zero-order valence-electron chi connectivity index (χ0n) is 36.7. The van der Waals surface area contributed by atoms with Gasteiger partial charge in [-0.3, -0.25) is 0 Å². The van der Waals surface area contributed by atoms with Gasteiger partial charge in [0.25, 0.3) is 0 Å². The normalized spacial score (nSPS) is 13.3. The predicted molar refractivity (Wildman–Crippen MR) is 246 cm³/mol. The molecule has 4 atom stereocenters. The van der Waals surface area contributed by atoms with E-state index in [1.807, 2.05) is 26.0 Å². The molecule has 0 fully saturated rings. The lowest BCUT2D eigenvalue weighted by atomic mass is 9.92. The zero-order valence-corrected chi connectivity index (χ0v) is 39.2. The summed E-state index contributed by atoms with van der Waals surface area (Å²) in [5, 5.41) is 46.1. The Hall–Kier alpha value is -6.16. The molecule has 0 saturated carbocycles. The van der Waals surface area contributed by atoms with Crippen LogP contribution in [-0.2, 0) is 17.3 Å². The van der Waals surface area contributed by atoms with Crippen molar-refractivity contribution in [1.82, 2.24) is 20.4 Å². The van der Waals surface area contributed by atoms with Gasteiger partial charge in [-0.15, -0.1) is 20.4 Å². The van der Waals surface area contributed by atoms with E-state index in [4.69, 9.17) is 60.1 Å². The average molecular weight is 900 g/mol. The van der Waals surface area contributed by atoms with Crippen molar-refractivity contribution in [1.29, 1.82) is 10.5 Å². The molecule has 0 bridgehead atoms. The van der Waals surface area contributed by atoms with E-state index in [2.05, 4.69) is 83.0 Å². The summed E-state index contributed by atoms with van der Waals surface area (Å²) in [6.45, 7) is 33.1. The minimum atomic E-state index is -2.07. The summed E-state index contributed by atoms with van der Waals surface area (Å²) >= 11 is 12.7. The number of hydrogen-bond donors (Lipinski definition) is 1. The summed E-state index contributed by atoms with van der Waals surface area (Å²) < 4.78 is 18.7. The van der Waals surface area contributed by atoms with E-state index in [1.165, 1.54) is 0 Å². The molecule has 322 valence electrons. The molecule has 2 heterocycles. The third-order valence-corrected chi connectivity index (χ3v) is 17.1. The first-order valence-electron chi connectivity index (χ1n) is 20.2. The highest BCUT2D eigenvalue weighted by atomic mass is 35.5. The van der Waals surface area contributed by atoms with Gasteiger partial charge in [-0.1, -0.05) is 68.2 Å². The van der Waals surface area contributed by atoms with E-state index in [1.54, 1.807) is 67.6 Å². The second-order valence-corrected chi connectivity index (χ2v) is 22.3. The summed E-state index contributed by atoms with van der Waals surface area (Å²) in [4.78, 5) is 6.91. The standard InChI is InChI=1S/C27H31ClN4O2Si.C21H17ClN4O2/c1-17-21(13-14-23(30-6)24(17)28)15-22(18(2)34-35(7,8)27(3,4)5)26-32-31-25(33-26)20-11-9-19(16-29)10-12-20;1-12-16(8-9-18(24-3)19(12)22)10-17(13(2)27)21-26-25-20(28-21)15-6-4-14(11-23)5-7-15/h9-14,18,22H,15H2,1-5,7-8H3;4-9,13,17,27H,10H2,1-2H3/t18-,22+;13-,17+/m00/s1. The maximum Gasteiger partial charge on any atom is 0.247 e. The highest BCUT2D eigenvalue weighted by Gasteiger charge is 2.41. The maximum atomic E-state index is 10.3. The SMILES string of the molecule is [C-]#[N+]c1ccc(C[C@@H](c2nnc(-c3ccc(C#N)cc3)o2)[C@H](C)O)c(C)c1Cl.[C-]#[N+]c1ccc(C[C@@H](c2nnc(-c3ccc(C#N)cc3)o2)[C@H](C)O[Si](C)(C)C(C)(C)C)c(C)c1Cl. The highest BCUT2D eigenvalue weighted by Crippen LogP contribution is 2.41. The first-order valence-corrected chi connectivity index (χ1v) is 23.8. The molecule has 0 aliphatic heterocycles. The van der Waals surface area contributed by atoms with Gasteiger partial charge in [0, 0.05) is 11.1 Å². The first-order chi connectivity index (χ1) is 29.8. The van der Waals surface area contributed by atoms with Crippen molar-refractivity contribution in [3.05, 3.63) is 151 Å². The Labute approximate surface area is 379 Å². The molecule has 0 spiro atoms. The van der Waals surface area contributed by atoms with Crippen molar-refractivity contribution in [3.8, 4) is 35.0 Å². The van der Waals surface area contributed by atoms with Crippen LogP contribution in [0.3, 0.4) is 0 Å². The Morgan fingerprint density at radius 1 is 0.698 bits per heavy atom. The molecule has 12 nitrogen and oxygen atoms in total. The predicted octanol–water partition coefficient (Wildman–Crippen LogP) is 12.7. The largest absolute Gasteiger partial charge is 0.420 e. The van der Waals surface area contributed by atoms with Gasteiger partial charge in [0.15, 0.2) is 8.32 Å². The van der Waals surface area contributed by atoms with Gasteiger partial charge in [0.1, 0.15) is 0 Å². The fourth-order valence-corrected chi connectivity index (χ4v) is 8.43. The monoisotopic (exact) mass is 898 g/mol. The van der Waals surface area contributed by atoms with Gasteiger partial charge in [-0.2, -0.15) is 10.5 Å². The van der Waals surface area contributed by atoms with Gasteiger partial charge in [-0.25, -0.2) is 9.69 Å². The van der Waals surface area contributed by atoms with E-state index >= 15 is 0 Å². The number of nitriles is 2. The molecule has 63 heavy (non-hydrogen) atoms. The van der Waals surface area contributed by atoms with Crippen LogP contribution in [0.5, 0.6) is 0 Å². The summed E-state index contributed by atoms with van der Waals surface area (Å²) in [6.07, 6.45) is 0.0994. The molecule has 0 aliphatic rings. The number of halogens is 2. The number of aliphatic hydroxyl groups is 1. The van der Waals surface area contributed by atoms with Crippen LogP contribution < -0.4 is 0 Å². The van der Waals surface area contributed by atoms with Crippen molar-refractivity contribution >= 4 is 42.9 Å². The second-order valence-electron chi connectivity index (χ2n) is 16.8. The number of rotatable bonds is 12. The Kier molecular flexibility index (Phi) is 15.5. The number of hydrogen-bond acceptors (Lipinski definition) is 10. The van der Waals surface area contributed by atoms with Crippen LogP contribution in [0, 0.1) is 49.7 Å². The van der Waals surface area contributed by atoms with E-state index in [0.29, 0.717) is 74.5 Å². The van der Waals surface area contributed by atoms with E-state index in [-0.39, 0.29) is 17.1 Å². The van der Waals surface area contributed by atoms with Crippen molar-refractivity contribution in [3.63, 3.8) is 0 Å². The molecule has 6 aromatic rings. The molecule has 2 aromatic heterocycles. The molecular formula is C48H48Cl2N8O4Si. The number of benzene rings is 4. The fourth-order valence-electron chi connectivity index (χ4n) is 6.53. The third-order valence-electron chi connectivity index (χ3n) is 11.6. The molecule has 6 rings (SSSR count). The Morgan fingerprint density at radius 2 is 1.10 bits per heavy atom. The number of aliphatic hydroxyl groups excluding tert-OH is 1. The van der Waals surface area contributed by atoms with Gasteiger partial charge < -0.3 is 18.4 Å². The molecule has 0 radical (unpaired) electrons. The summed E-state index contributed by atoms with van der Waals surface area (Å²) in [6, 6.07) is 25.3. The quantitative estimate of drug-likeness (QED) is 0.0923. The highest BCUT2D eigenvalue weighted by molar-refractivity contribution is 6.74. The lowest BCUT2D eigenvalue weighted by Crippen LogP contribution is -2.44. The van der Waals surface area contributed by atoms with Gasteiger partial charge >= 0.3 is 0 Å². The smallest absolute Gasteiger partial charge is 0.247 e. The first kappa shape index (κ1) is 47.9. The van der Waals surface area contributed by atoms with Crippen molar-refractivity contribution in [2.24, 2.45) is 0 Å². The molecule has 0 unspecified atom stereocenters. The molecule has 15 heteroatoms.